The second kappa shape index (κ2) is 8.30. The highest BCUT2D eigenvalue weighted by Gasteiger charge is 2.44. The van der Waals surface area contributed by atoms with Gasteiger partial charge in [0.2, 0.25) is 5.91 Å². The molecule has 0 saturated carbocycles. The van der Waals surface area contributed by atoms with Crippen molar-refractivity contribution in [3.63, 3.8) is 0 Å². The van der Waals surface area contributed by atoms with Gasteiger partial charge in [0.25, 0.3) is 0 Å². The summed E-state index contributed by atoms with van der Waals surface area (Å²) in [5, 5.41) is 7.73. The van der Waals surface area contributed by atoms with E-state index in [-0.39, 0.29) is 28.7 Å². The average Bonchev–Trinajstić information content (AvgIpc) is 2.76. The first-order valence-electron chi connectivity index (χ1n) is 9.63. The second-order valence-electron chi connectivity index (χ2n) is 7.61. The highest BCUT2D eigenvalue weighted by atomic mass is 35.5. The van der Waals surface area contributed by atoms with Gasteiger partial charge in [0.15, 0.2) is 17.2 Å². The van der Waals surface area contributed by atoms with Gasteiger partial charge in [-0.3, -0.25) is 4.79 Å². The molecule has 2 aliphatic heterocycles. The number of carbonyl (C=O) groups is 2. The van der Waals surface area contributed by atoms with Crippen LogP contribution in [0.1, 0.15) is 30.0 Å². The van der Waals surface area contributed by atoms with E-state index in [1.165, 1.54) is 12.1 Å². The predicted molar refractivity (Wildman–Crippen MR) is 110 cm³/mol. The topological polar surface area (TPSA) is 79.5 Å². The molecule has 0 saturated heterocycles. The summed E-state index contributed by atoms with van der Waals surface area (Å²) >= 11 is 5.78. The van der Waals surface area contributed by atoms with Gasteiger partial charge in [-0.15, -0.1) is 0 Å². The number of aryl methyl sites for hydroxylation is 1. The maximum absolute atomic E-state index is 14.5. The summed E-state index contributed by atoms with van der Waals surface area (Å²) in [6.45, 7) is -2.42. The molecule has 3 N–H and O–H groups in total. The number of halogens is 4. The van der Waals surface area contributed by atoms with E-state index in [0.29, 0.717) is 24.2 Å². The second-order valence-corrected chi connectivity index (χ2v) is 8.01. The van der Waals surface area contributed by atoms with Gasteiger partial charge in [-0.2, -0.15) is 0 Å². The van der Waals surface area contributed by atoms with Crippen LogP contribution in [0.25, 0.3) is 0 Å². The normalized spacial score (nSPS) is 18.8. The number of alkyl halides is 2. The molecule has 0 unspecified atom stereocenters. The highest BCUT2D eigenvalue weighted by Crippen LogP contribution is 2.43. The molecular formula is C21H19ClF3N3O3. The lowest BCUT2D eigenvalue weighted by Gasteiger charge is -2.39. The minimum Gasteiger partial charge on any atom is -0.478 e. The molecule has 6 nitrogen and oxygen atoms in total. The van der Waals surface area contributed by atoms with E-state index in [1.807, 2.05) is 0 Å². The summed E-state index contributed by atoms with van der Waals surface area (Å²) < 4.78 is 47.0. The standard InChI is InChI=1S/C21H19ClF3N3O3/c22-14-5-4-13-16(8-21(9-23,10-24)31-19(13)18(14)25)28-20(30)26-12-3-1-11-2-6-17(29)27-15(11)7-12/h1,3-5,7,16H,2,6,8-10H2,(H,27,29)(H2,26,28,30)/t16-/m1/s1. The monoisotopic (exact) mass is 453 g/mol. The van der Waals surface area contributed by atoms with Crippen LogP contribution in [0.2, 0.25) is 5.02 Å². The smallest absolute Gasteiger partial charge is 0.319 e. The number of urea groups is 1. The van der Waals surface area contributed by atoms with Gasteiger partial charge < -0.3 is 20.7 Å². The maximum Gasteiger partial charge on any atom is 0.319 e. The van der Waals surface area contributed by atoms with Gasteiger partial charge >= 0.3 is 6.03 Å². The van der Waals surface area contributed by atoms with Crippen LogP contribution in [-0.2, 0) is 11.2 Å². The lowest BCUT2D eigenvalue weighted by molar-refractivity contribution is -0.116. The third kappa shape index (κ3) is 4.14. The molecule has 31 heavy (non-hydrogen) atoms. The first-order valence-corrected chi connectivity index (χ1v) is 10.0. The van der Waals surface area contributed by atoms with Crippen molar-refractivity contribution in [2.75, 3.05) is 24.0 Å². The molecule has 2 aromatic rings. The molecule has 1 atom stereocenters. The summed E-state index contributed by atoms with van der Waals surface area (Å²) in [7, 11) is 0. The van der Waals surface area contributed by atoms with Crippen molar-refractivity contribution in [2.24, 2.45) is 0 Å². The third-order valence-corrected chi connectivity index (χ3v) is 5.70. The van der Waals surface area contributed by atoms with E-state index in [0.717, 1.165) is 5.56 Å². The molecule has 2 heterocycles. The summed E-state index contributed by atoms with van der Waals surface area (Å²) in [4.78, 5) is 24.2. The molecule has 0 spiro atoms. The van der Waals surface area contributed by atoms with Gasteiger partial charge in [0.1, 0.15) is 13.3 Å². The Labute approximate surface area is 181 Å². The lowest BCUT2D eigenvalue weighted by Crippen LogP contribution is -2.49. The molecular weight excluding hydrogens is 435 g/mol. The van der Waals surface area contributed by atoms with Gasteiger partial charge in [0.05, 0.1) is 11.1 Å². The predicted octanol–water partition coefficient (Wildman–Crippen LogP) is 4.69. The fourth-order valence-electron chi connectivity index (χ4n) is 3.77. The average molecular weight is 454 g/mol. The molecule has 0 aliphatic carbocycles. The number of hydrogen-bond acceptors (Lipinski definition) is 3. The first kappa shape index (κ1) is 21.3. The van der Waals surface area contributed by atoms with Crippen LogP contribution in [-0.4, -0.2) is 30.9 Å². The summed E-state index contributed by atoms with van der Waals surface area (Å²) in [6, 6.07) is 6.25. The van der Waals surface area contributed by atoms with E-state index in [2.05, 4.69) is 16.0 Å². The third-order valence-electron chi connectivity index (χ3n) is 5.41. The number of anilines is 2. The Bertz CT molecular complexity index is 1050. The molecule has 0 radical (unpaired) electrons. The molecule has 3 amide bonds. The lowest BCUT2D eigenvalue weighted by atomic mass is 9.88. The SMILES string of the molecule is O=C1CCc2ccc(NC(=O)N[C@@H]3CC(CF)(CF)Oc4c3ccc(Cl)c4F)cc2N1. The fraction of sp³-hybridized carbons (Fsp3) is 0.333. The Hall–Kier alpha value is -2.94. The van der Waals surface area contributed by atoms with Crippen LogP contribution < -0.4 is 20.7 Å². The number of carbonyl (C=O) groups excluding carboxylic acids is 2. The molecule has 2 aliphatic rings. The number of nitrogens with one attached hydrogen (secondary N) is 3. The first-order chi connectivity index (χ1) is 14.8. The van der Waals surface area contributed by atoms with Crippen molar-refractivity contribution >= 4 is 34.9 Å². The van der Waals surface area contributed by atoms with Crippen molar-refractivity contribution in [3.8, 4) is 5.75 Å². The molecule has 2 aromatic carbocycles. The Kier molecular flexibility index (Phi) is 5.70. The minimum atomic E-state index is -1.92. The molecule has 0 fully saturated rings. The minimum absolute atomic E-state index is 0.109. The Balaban J connectivity index is 1.56. The van der Waals surface area contributed by atoms with Gasteiger partial charge in [-0.1, -0.05) is 23.7 Å². The molecule has 164 valence electrons. The number of hydrogen-bond donors (Lipinski definition) is 3. The van der Waals surface area contributed by atoms with E-state index in [1.54, 1.807) is 18.2 Å². The van der Waals surface area contributed by atoms with E-state index in [9.17, 15) is 22.8 Å². The number of ether oxygens (including phenoxy) is 1. The van der Waals surface area contributed by atoms with Gasteiger partial charge in [-0.25, -0.2) is 18.0 Å². The van der Waals surface area contributed by atoms with Gasteiger partial charge in [-0.05, 0) is 30.2 Å². The molecule has 0 aromatic heterocycles. The quantitative estimate of drug-likeness (QED) is 0.628. The van der Waals surface area contributed by atoms with Crippen molar-refractivity contribution in [1.82, 2.24) is 5.32 Å². The summed E-state index contributed by atoms with van der Waals surface area (Å²) in [6.07, 6.45) is 0.770. The van der Waals surface area contributed by atoms with Crippen LogP contribution in [0.15, 0.2) is 30.3 Å². The summed E-state index contributed by atoms with van der Waals surface area (Å²) in [5.41, 5.74) is 0.276. The Morgan fingerprint density at radius 2 is 2.00 bits per heavy atom. The molecule has 0 bridgehead atoms. The van der Waals surface area contributed by atoms with Gasteiger partial charge in [0, 0.05) is 29.8 Å². The molecule has 4 rings (SSSR count). The van der Waals surface area contributed by atoms with E-state index < -0.39 is 36.8 Å². The number of amides is 3. The highest BCUT2D eigenvalue weighted by molar-refractivity contribution is 6.30. The van der Waals surface area contributed by atoms with Crippen LogP contribution in [0.5, 0.6) is 5.75 Å². The van der Waals surface area contributed by atoms with E-state index in [4.69, 9.17) is 16.3 Å². The fourth-order valence-corrected chi connectivity index (χ4v) is 3.92. The zero-order valence-corrected chi connectivity index (χ0v) is 17.0. The number of fused-ring (bicyclic) bond motifs is 2. The largest absolute Gasteiger partial charge is 0.478 e. The number of benzene rings is 2. The van der Waals surface area contributed by atoms with Crippen LogP contribution in [0, 0.1) is 5.82 Å². The molecule has 10 heteroatoms. The van der Waals surface area contributed by atoms with Crippen LogP contribution >= 0.6 is 11.6 Å². The van der Waals surface area contributed by atoms with Crippen molar-refractivity contribution < 1.29 is 27.5 Å². The van der Waals surface area contributed by atoms with Crippen molar-refractivity contribution in [3.05, 3.63) is 52.3 Å². The van der Waals surface area contributed by atoms with Crippen LogP contribution in [0.3, 0.4) is 0 Å². The Morgan fingerprint density at radius 3 is 2.74 bits per heavy atom. The van der Waals surface area contributed by atoms with Crippen LogP contribution in [0.4, 0.5) is 29.3 Å². The maximum atomic E-state index is 14.5. The van der Waals surface area contributed by atoms with E-state index >= 15 is 0 Å². The zero-order valence-electron chi connectivity index (χ0n) is 16.2. The zero-order chi connectivity index (χ0) is 22.2. The van der Waals surface area contributed by atoms with Crippen molar-refractivity contribution in [2.45, 2.75) is 30.9 Å². The Morgan fingerprint density at radius 1 is 1.23 bits per heavy atom. The van der Waals surface area contributed by atoms with Crippen molar-refractivity contribution in [1.29, 1.82) is 0 Å². The number of rotatable bonds is 4. The summed E-state index contributed by atoms with van der Waals surface area (Å²) in [5.74, 6) is -1.43.